The lowest BCUT2D eigenvalue weighted by atomic mass is 10.1. The Morgan fingerprint density at radius 1 is 1.19 bits per heavy atom. The summed E-state index contributed by atoms with van der Waals surface area (Å²) >= 11 is 0. The molecule has 0 aromatic heterocycles. The average Bonchev–Trinajstić information content (AvgIpc) is 2.43. The Labute approximate surface area is 154 Å². The minimum atomic E-state index is -1.87. The molecule has 1 atom stereocenters. The molecule has 1 aromatic rings. The second-order valence-electron chi connectivity index (χ2n) is 7.79. The van der Waals surface area contributed by atoms with Gasteiger partial charge in [-0.2, -0.15) is 0 Å². The van der Waals surface area contributed by atoms with E-state index in [0.29, 0.717) is 6.07 Å². The second-order valence-corrected chi connectivity index (χ2v) is 12.8. The molecule has 0 aliphatic heterocycles. The van der Waals surface area contributed by atoms with Crippen molar-refractivity contribution >= 4 is 20.0 Å². The highest BCUT2D eigenvalue weighted by molar-refractivity contribution is 6.87. The molecular formula is C19H25F2NO3Si. The van der Waals surface area contributed by atoms with Crippen LogP contribution in [0.25, 0.3) is 0 Å². The highest BCUT2D eigenvalue weighted by Gasteiger charge is 2.33. The van der Waals surface area contributed by atoms with Crippen molar-refractivity contribution in [3.8, 4) is 11.5 Å². The molecule has 0 radical (unpaired) electrons. The summed E-state index contributed by atoms with van der Waals surface area (Å²) in [5, 5.41) is 11.7. The van der Waals surface area contributed by atoms with Crippen molar-refractivity contribution in [2.45, 2.75) is 57.8 Å². The number of amides is 1. The van der Waals surface area contributed by atoms with E-state index in [0.717, 1.165) is 12.1 Å². The molecule has 2 N–H and O–H groups in total. The van der Waals surface area contributed by atoms with Crippen LogP contribution in [0.4, 0.5) is 8.78 Å². The number of carboxylic acid groups (broad SMARTS) is 1. The Bertz CT molecular complexity index is 725. The molecule has 0 unspecified atom stereocenters. The number of benzene rings is 1. The number of carbonyl (C=O) groups is 2. The minimum Gasteiger partial charge on any atom is -0.480 e. The van der Waals surface area contributed by atoms with E-state index < -0.39 is 37.6 Å². The van der Waals surface area contributed by atoms with E-state index in [9.17, 15) is 23.5 Å². The fraction of sp³-hybridized carbons (Fsp3) is 0.474. The number of rotatable bonds is 5. The van der Waals surface area contributed by atoms with Crippen LogP contribution >= 0.6 is 0 Å². The van der Waals surface area contributed by atoms with Gasteiger partial charge in [0.1, 0.15) is 25.8 Å². The number of hydrogen-bond acceptors (Lipinski definition) is 2. The van der Waals surface area contributed by atoms with Gasteiger partial charge in [-0.15, -0.1) is 11.5 Å². The summed E-state index contributed by atoms with van der Waals surface area (Å²) in [7, 11) is -1.87. The molecular weight excluding hydrogens is 356 g/mol. The molecule has 1 rings (SSSR count). The lowest BCUT2D eigenvalue weighted by Crippen LogP contribution is -2.41. The van der Waals surface area contributed by atoms with E-state index in [1.165, 1.54) is 0 Å². The van der Waals surface area contributed by atoms with Gasteiger partial charge in [-0.05, 0) is 22.7 Å². The topological polar surface area (TPSA) is 66.4 Å². The van der Waals surface area contributed by atoms with E-state index in [1.807, 2.05) is 0 Å². The van der Waals surface area contributed by atoms with Crippen molar-refractivity contribution in [2.75, 3.05) is 0 Å². The summed E-state index contributed by atoms with van der Waals surface area (Å²) in [6, 6.07) is 1.61. The quantitative estimate of drug-likeness (QED) is 0.606. The highest BCUT2D eigenvalue weighted by Crippen LogP contribution is 2.35. The van der Waals surface area contributed by atoms with E-state index >= 15 is 0 Å². The maximum absolute atomic E-state index is 13.2. The van der Waals surface area contributed by atoms with Crippen molar-refractivity contribution in [3.63, 3.8) is 0 Å². The predicted octanol–water partition coefficient (Wildman–Crippen LogP) is 3.52. The van der Waals surface area contributed by atoms with Crippen molar-refractivity contribution in [1.29, 1.82) is 0 Å². The first-order chi connectivity index (χ1) is 11.8. The molecule has 0 heterocycles. The Balaban J connectivity index is 2.77. The van der Waals surface area contributed by atoms with Crippen molar-refractivity contribution in [3.05, 3.63) is 35.4 Å². The molecule has 0 aliphatic carbocycles. The summed E-state index contributed by atoms with van der Waals surface area (Å²) in [6.45, 7) is 10.5. The van der Waals surface area contributed by atoms with Crippen LogP contribution in [0, 0.1) is 23.1 Å². The van der Waals surface area contributed by atoms with Crippen molar-refractivity contribution in [1.82, 2.24) is 5.32 Å². The van der Waals surface area contributed by atoms with Crippen LogP contribution in [0.5, 0.6) is 0 Å². The first-order valence-electron chi connectivity index (χ1n) is 8.29. The summed E-state index contributed by atoms with van der Waals surface area (Å²) in [4.78, 5) is 23.4. The molecule has 1 amide bonds. The SMILES string of the molecule is CC(C)(C)[Si](C)(C)C#CC[C@H](NC(=O)Cc1cc(F)cc(F)c1)C(=O)O. The number of carbonyl (C=O) groups excluding carboxylic acids is 1. The molecule has 142 valence electrons. The third-order valence-electron chi connectivity index (χ3n) is 4.50. The lowest BCUT2D eigenvalue weighted by Gasteiger charge is -2.31. The number of nitrogens with one attached hydrogen (secondary N) is 1. The zero-order valence-electron chi connectivity index (χ0n) is 15.7. The third-order valence-corrected chi connectivity index (χ3v) is 9.05. The second kappa shape index (κ2) is 8.45. The van der Waals surface area contributed by atoms with Crippen LogP contribution < -0.4 is 5.32 Å². The van der Waals surface area contributed by atoms with Gasteiger partial charge in [0.15, 0.2) is 0 Å². The molecule has 7 heteroatoms. The van der Waals surface area contributed by atoms with Crippen LogP contribution in [-0.4, -0.2) is 31.1 Å². The van der Waals surface area contributed by atoms with Crippen LogP contribution in [-0.2, 0) is 16.0 Å². The van der Waals surface area contributed by atoms with Crippen molar-refractivity contribution in [2.24, 2.45) is 0 Å². The zero-order valence-corrected chi connectivity index (χ0v) is 16.7. The third kappa shape index (κ3) is 6.60. The molecule has 0 spiro atoms. The normalized spacial score (nSPS) is 12.7. The zero-order chi connectivity index (χ0) is 20.1. The number of hydrogen-bond donors (Lipinski definition) is 2. The van der Waals surface area contributed by atoms with Crippen molar-refractivity contribution < 1.29 is 23.5 Å². The van der Waals surface area contributed by atoms with Crippen LogP contribution in [0.15, 0.2) is 18.2 Å². The Hall–Kier alpha value is -2.20. The van der Waals surface area contributed by atoms with Gasteiger partial charge >= 0.3 is 5.97 Å². The summed E-state index contributed by atoms with van der Waals surface area (Å²) < 4.78 is 26.3. The van der Waals surface area contributed by atoms with Gasteiger partial charge in [0.25, 0.3) is 0 Å². The van der Waals surface area contributed by atoms with Gasteiger partial charge in [-0.1, -0.05) is 33.9 Å². The minimum absolute atomic E-state index is 0.0227. The van der Waals surface area contributed by atoms with Gasteiger partial charge in [-0.25, -0.2) is 13.6 Å². The molecule has 0 fully saturated rings. The van der Waals surface area contributed by atoms with E-state index in [2.05, 4.69) is 50.6 Å². The van der Waals surface area contributed by atoms with Gasteiger partial charge in [0.2, 0.25) is 5.91 Å². The predicted molar refractivity (Wildman–Crippen MR) is 99.2 cm³/mol. The number of halogens is 2. The molecule has 0 aliphatic rings. The Morgan fingerprint density at radius 3 is 2.19 bits per heavy atom. The van der Waals surface area contributed by atoms with E-state index in [1.54, 1.807) is 0 Å². The molecule has 26 heavy (non-hydrogen) atoms. The standard InChI is InChI=1S/C19H25F2NO3Si/c1-19(2,3)26(4,5)8-6-7-16(18(24)25)22-17(23)11-13-9-14(20)12-15(21)10-13/h9-10,12,16H,7,11H2,1-5H3,(H,22,23)(H,24,25)/t16-/m0/s1. The van der Waals surface area contributed by atoms with Crippen LogP contribution in [0.1, 0.15) is 32.8 Å². The number of carboxylic acids is 1. The van der Waals surface area contributed by atoms with Gasteiger partial charge < -0.3 is 10.4 Å². The Morgan fingerprint density at radius 2 is 1.73 bits per heavy atom. The molecule has 4 nitrogen and oxygen atoms in total. The average molecular weight is 381 g/mol. The van der Waals surface area contributed by atoms with E-state index in [-0.39, 0.29) is 23.4 Å². The monoisotopic (exact) mass is 381 g/mol. The fourth-order valence-corrected chi connectivity index (χ4v) is 2.82. The first kappa shape index (κ1) is 21.8. The fourth-order valence-electron chi connectivity index (χ4n) is 1.91. The van der Waals surface area contributed by atoms with Crippen LogP contribution in [0.2, 0.25) is 18.1 Å². The molecule has 0 saturated carbocycles. The number of aliphatic carboxylic acids is 1. The smallest absolute Gasteiger partial charge is 0.327 e. The van der Waals surface area contributed by atoms with Gasteiger partial charge in [-0.3, -0.25) is 4.79 Å². The van der Waals surface area contributed by atoms with E-state index in [4.69, 9.17) is 0 Å². The summed E-state index contributed by atoms with van der Waals surface area (Å²) in [5.41, 5.74) is 3.33. The summed E-state index contributed by atoms with van der Waals surface area (Å²) in [6.07, 6.45) is -0.334. The maximum Gasteiger partial charge on any atom is 0.327 e. The first-order valence-corrected chi connectivity index (χ1v) is 11.3. The summed E-state index contributed by atoms with van der Waals surface area (Å²) in [5.74, 6) is -0.510. The van der Waals surface area contributed by atoms with Crippen LogP contribution in [0.3, 0.4) is 0 Å². The largest absolute Gasteiger partial charge is 0.480 e. The Kier molecular flexibility index (Phi) is 7.10. The molecule has 0 bridgehead atoms. The maximum atomic E-state index is 13.2. The van der Waals surface area contributed by atoms with Gasteiger partial charge in [0.05, 0.1) is 6.42 Å². The van der Waals surface area contributed by atoms with Gasteiger partial charge in [0, 0.05) is 12.5 Å². The lowest BCUT2D eigenvalue weighted by molar-refractivity contribution is -0.141. The molecule has 1 aromatic carbocycles. The highest BCUT2D eigenvalue weighted by atomic mass is 28.3. The molecule has 0 saturated heterocycles.